The summed E-state index contributed by atoms with van der Waals surface area (Å²) < 4.78 is 14.3. The van der Waals surface area contributed by atoms with Crippen molar-refractivity contribution in [3.8, 4) is 0 Å². The second-order valence-electron chi connectivity index (χ2n) is 9.39. The quantitative estimate of drug-likeness (QED) is 0.185. The zero-order valence-corrected chi connectivity index (χ0v) is 21.5. The van der Waals surface area contributed by atoms with Crippen LogP contribution in [-0.2, 0) is 4.57 Å². The number of hydrogen-bond acceptors (Lipinski definition) is 3. The molecular formula is C29H45O3P. The van der Waals surface area contributed by atoms with Crippen molar-refractivity contribution in [3.05, 3.63) is 60.7 Å². The number of unbranched alkanes of at least 4 members (excludes halogenated alkanes) is 11. The smallest absolute Gasteiger partial charge is 0.148 e. The van der Waals surface area contributed by atoms with E-state index in [2.05, 4.69) is 0 Å². The minimum Gasteiger partial charge on any atom is -0.396 e. The molecular weight excluding hydrogens is 427 g/mol. The Kier molecular flexibility index (Phi) is 13.7. The van der Waals surface area contributed by atoms with Crippen molar-refractivity contribution < 1.29 is 14.8 Å². The summed E-state index contributed by atoms with van der Waals surface area (Å²) in [5, 5.41) is 21.4. The van der Waals surface area contributed by atoms with E-state index in [9.17, 15) is 9.67 Å². The monoisotopic (exact) mass is 472 g/mol. The van der Waals surface area contributed by atoms with E-state index in [1.807, 2.05) is 67.6 Å². The third kappa shape index (κ3) is 9.39. The Hall–Kier alpha value is -1.41. The number of rotatable bonds is 18. The van der Waals surface area contributed by atoms with Gasteiger partial charge in [-0.25, -0.2) is 0 Å². The fraction of sp³-hybridized carbons (Fsp3) is 0.586. The number of aliphatic hydroxyl groups is 2. The maximum Gasteiger partial charge on any atom is 0.148 e. The Morgan fingerprint density at radius 3 is 1.39 bits per heavy atom. The summed E-state index contributed by atoms with van der Waals surface area (Å²) in [5.41, 5.74) is -0.306. The Labute approximate surface area is 202 Å². The van der Waals surface area contributed by atoms with Gasteiger partial charge in [-0.1, -0.05) is 138 Å². The van der Waals surface area contributed by atoms with Crippen LogP contribution in [0.2, 0.25) is 0 Å². The van der Waals surface area contributed by atoms with Crippen molar-refractivity contribution >= 4 is 17.8 Å². The molecule has 0 unspecified atom stereocenters. The van der Waals surface area contributed by atoms with Crippen LogP contribution in [0.4, 0.5) is 0 Å². The summed E-state index contributed by atoms with van der Waals surface area (Å²) in [7, 11) is -2.92. The zero-order valence-electron chi connectivity index (χ0n) is 20.6. The number of benzene rings is 2. The topological polar surface area (TPSA) is 57.5 Å². The van der Waals surface area contributed by atoms with Crippen LogP contribution in [0.3, 0.4) is 0 Å². The van der Waals surface area contributed by atoms with Gasteiger partial charge in [0.05, 0.1) is 6.10 Å². The molecule has 184 valence electrons. The molecule has 2 aromatic rings. The summed E-state index contributed by atoms with van der Waals surface area (Å²) in [5.74, 6) is 0. The molecule has 2 aromatic carbocycles. The lowest BCUT2D eigenvalue weighted by Crippen LogP contribution is -2.32. The van der Waals surface area contributed by atoms with Gasteiger partial charge in [0.2, 0.25) is 0 Å². The highest BCUT2D eigenvalue weighted by Gasteiger charge is 2.37. The van der Waals surface area contributed by atoms with Gasteiger partial charge in [-0.05, 0) is 12.8 Å². The summed E-state index contributed by atoms with van der Waals surface area (Å²) in [6, 6.07) is 19.4. The van der Waals surface area contributed by atoms with Crippen molar-refractivity contribution in [3.63, 3.8) is 0 Å². The van der Waals surface area contributed by atoms with Crippen LogP contribution in [0.25, 0.3) is 0 Å². The molecule has 0 bridgehead atoms. The molecule has 2 atom stereocenters. The van der Waals surface area contributed by atoms with E-state index < -0.39 is 13.2 Å². The van der Waals surface area contributed by atoms with Crippen molar-refractivity contribution in [1.82, 2.24) is 0 Å². The Bertz CT molecular complexity index is 734. The second-order valence-corrected chi connectivity index (χ2v) is 12.6. The van der Waals surface area contributed by atoms with E-state index >= 15 is 0 Å². The first-order valence-electron chi connectivity index (χ1n) is 13.1. The molecule has 2 N–H and O–H groups in total. The van der Waals surface area contributed by atoms with Gasteiger partial charge in [-0.15, -0.1) is 0 Å². The molecule has 0 aromatic heterocycles. The first-order chi connectivity index (χ1) is 16.1. The van der Waals surface area contributed by atoms with Crippen LogP contribution in [0.5, 0.6) is 0 Å². The molecule has 2 rings (SSSR count). The summed E-state index contributed by atoms with van der Waals surface area (Å²) >= 11 is 0. The van der Waals surface area contributed by atoms with Crippen molar-refractivity contribution in [2.45, 2.75) is 102 Å². The molecule has 0 spiro atoms. The van der Waals surface area contributed by atoms with E-state index in [-0.39, 0.29) is 5.66 Å². The summed E-state index contributed by atoms with van der Waals surface area (Å²) in [6.45, 7) is 2.28. The number of hydrogen-bond donors (Lipinski definition) is 2. The normalized spacial score (nSPS) is 13.7. The highest BCUT2D eigenvalue weighted by molar-refractivity contribution is 7.79. The average molecular weight is 473 g/mol. The van der Waals surface area contributed by atoms with E-state index in [1.165, 1.54) is 51.4 Å². The Morgan fingerprint density at radius 2 is 1.00 bits per heavy atom. The molecule has 33 heavy (non-hydrogen) atoms. The second kappa shape index (κ2) is 16.3. The van der Waals surface area contributed by atoms with Crippen LogP contribution in [0.1, 0.15) is 90.4 Å². The van der Waals surface area contributed by atoms with Crippen LogP contribution >= 0.6 is 7.14 Å². The van der Waals surface area contributed by atoms with Gasteiger partial charge in [-0.3, -0.25) is 0 Å². The highest BCUT2D eigenvalue weighted by atomic mass is 31.2. The lowest BCUT2D eigenvalue weighted by molar-refractivity contribution is 0.159. The predicted octanol–water partition coefficient (Wildman–Crippen LogP) is 6.81. The van der Waals surface area contributed by atoms with Gasteiger partial charge in [-0.2, -0.15) is 0 Å². The van der Waals surface area contributed by atoms with Gasteiger partial charge in [0.1, 0.15) is 7.14 Å². The lowest BCUT2D eigenvalue weighted by Gasteiger charge is -2.29. The van der Waals surface area contributed by atoms with Gasteiger partial charge in [0.15, 0.2) is 0 Å². The van der Waals surface area contributed by atoms with Gasteiger partial charge in [0.25, 0.3) is 0 Å². The maximum atomic E-state index is 14.3. The van der Waals surface area contributed by atoms with Crippen LogP contribution in [-0.4, -0.2) is 28.6 Å². The molecule has 0 aliphatic rings. The van der Waals surface area contributed by atoms with Crippen LogP contribution in [0.15, 0.2) is 60.7 Å². The van der Waals surface area contributed by atoms with Crippen molar-refractivity contribution in [2.75, 3.05) is 6.61 Å². The lowest BCUT2D eigenvalue weighted by atomic mass is 10.0. The van der Waals surface area contributed by atoms with Gasteiger partial charge >= 0.3 is 0 Å². The van der Waals surface area contributed by atoms with Crippen molar-refractivity contribution in [1.29, 1.82) is 0 Å². The third-order valence-electron chi connectivity index (χ3n) is 6.82. The predicted molar refractivity (Wildman–Crippen MR) is 142 cm³/mol. The van der Waals surface area contributed by atoms with Crippen LogP contribution < -0.4 is 10.6 Å². The summed E-state index contributed by atoms with van der Waals surface area (Å²) in [6.07, 6.45) is 14.7. The fourth-order valence-corrected chi connectivity index (χ4v) is 7.74. The minimum absolute atomic E-state index is 0.306. The van der Waals surface area contributed by atoms with Gasteiger partial charge in [0, 0.05) is 22.9 Å². The molecule has 0 radical (unpaired) electrons. The first kappa shape index (κ1) is 27.8. The van der Waals surface area contributed by atoms with Crippen molar-refractivity contribution in [2.24, 2.45) is 0 Å². The highest BCUT2D eigenvalue weighted by Crippen LogP contribution is 2.50. The van der Waals surface area contributed by atoms with E-state index in [1.54, 1.807) is 0 Å². The molecule has 4 heteroatoms. The van der Waals surface area contributed by atoms with E-state index in [0.29, 0.717) is 13.0 Å². The maximum absolute atomic E-state index is 14.3. The minimum atomic E-state index is -2.92. The largest absolute Gasteiger partial charge is 0.396 e. The molecule has 0 fully saturated rings. The van der Waals surface area contributed by atoms with E-state index in [4.69, 9.17) is 5.11 Å². The molecule has 0 amide bonds. The standard InChI is InChI=1S/C29H45O3P/c1-26(33(32,27-20-14-12-15-21-27)28-22-16-13-17-23-28)29(31)24-18-10-8-6-4-2-3-5-7-9-11-19-25-30/h12-17,20-23,26,29-31H,2-11,18-19,24-25H2,1H3/t26-,29-/m0/s1. The first-order valence-corrected chi connectivity index (χ1v) is 14.9. The van der Waals surface area contributed by atoms with Crippen LogP contribution in [0, 0.1) is 0 Å². The Balaban J connectivity index is 1.70. The molecule has 0 heterocycles. The molecule has 0 saturated carbocycles. The summed E-state index contributed by atoms with van der Waals surface area (Å²) in [4.78, 5) is 0. The average Bonchev–Trinajstić information content (AvgIpc) is 2.86. The SMILES string of the molecule is C[C@@H]([C@@H](O)CCCCCCCCCCCCCCO)P(=O)(c1ccccc1)c1ccccc1. The van der Waals surface area contributed by atoms with E-state index in [0.717, 1.165) is 36.3 Å². The Morgan fingerprint density at radius 1 is 0.636 bits per heavy atom. The molecule has 3 nitrogen and oxygen atoms in total. The van der Waals surface area contributed by atoms with Gasteiger partial charge < -0.3 is 14.8 Å². The third-order valence-corrected chi connectivity index (χ3v) is 10.4. The number of aliphatic hydroxyl groups excluding tert-OH is 2. The zero-order chi connectivity index (χ0) is 23.8. The molecule has 0 saturated heterocycles. The molecule has 0 aliphatic carbocycles. The fourth-order valence-electron chi connectivity index (χ4n) is 4.63. The molecule has 0 aliphatic heterocycles.